The maximum atomic E-state index is 12.4. The number of fused-ring (bicyclic) bond motifs is 2. The Morgan fingerprint density at radius 1 is 1.21 bits per heavy atom. The van der Waals surface area contributed by atoms with E-state index >= 15 is 0 Å². The van der Waals surface area contributed by atoms with Gasteiger partial charge in [-0.2, -0.15) is 5.10 Å². The van der Waals surface area contributed by atoms with Crippen LogP contribution in [0, 0.1) is 0 Å². The summed E-state index contributed by atoms with van der Waals surface area (Å²) in [6.45, 7) is 0. The molecule has 0 aliphatic carbocycles. The molecule has 2 aromatic carbocycles. The van der Waals surface area contributed by atoms with Gasteiger partial charge in [-0.1, -0.05) is 42.5 Å². The molecule has 5 rings (SSSR count). The van der Waals surface area contributed by atoms with Crippen molar-refractivity contribution in [1.82, 2.24) is 14.8 Å². The molecule has 1 aliphatic rings. The zero-order valence-electron chi connectivity index (χ0n) is 15.5. The van der Waals surface area contributed by atoms with E-state index in [1.165, 1.54) is 0 Å². The first kappa shape index (κ1) is 17.6. The topological polar surface area (TPSA) is 68.0 Å². The molecule has 1 amide bonds. The van der Waals surface area contributed by atoms with Gasteiger partial charge in [-0.25, -0.2) is 10.4 Å². The van der Waals surface area contributed by atoms with Crippen LogP contribution in [-0.2, 0) is 11.2 Å². The minimum atomic E-state index is -0.191. The van der Waals surface area contributed by atoms with Gasteiger partial charge in [0.1, 0.15) is 11.9 Å². The lowest BCUT2D eigenvalue weighted by Crippen LogP contribution is -2.26. The lowest BCUT2D eigenvalue weighted by Gasteiger charge is -2.27. The van der Waals surface area contributed by atoms with E-state index in [2.05, 4.69) is 15.5 Å². The molecule has 3 heterocycles. The van der Waals surface area contributed by atoms with E-state index in [-0.39, 0.29) is 18.4 Å². The molecule has 0 unspecified atom stereocenters. The van der Waals surface area contributed by atoms with Crippen LogP contribution in [0.25, 0.3) is 4.96 Å². The summed E-state index contributed by atoms with van der Waals surface area (Å²) in [5.41, 5.74) is 6.22. The van der Waals surface area contributed by atoms with E-state index in [4.69, 9.17) is 4.74 Å². The molecule has 0 radical (unpaired) electrons. The second-order valence-electron chi connectivity index (χ2n) is 6.81. The number of hydrogen-bond acceptors (Lipinski definition) is 5. The number of imidazole rings is 1. The first-order chi connectivity index (χ1) is 14.3. The van der Waals surface area contributed by atoms with Crippen molar-refractivity contribution in [2.24, 2.45) is 5.10 Å². The van der Waals surface area contributed by atoms with Crippen LogP contribution >= 0.6 is 11.3 Å². The normalized spacial score (nSPS) is 17.1. The molecular formula is C22H18N4O2S. The van der Waals surface area contributed by atoms with Gasteiger partial charge in [0, 0.05) is 29.8 Å². The van der Waals surface area contributed by atoms with E-state index < -0.39 is 0 Å². The zero-order valence-corrected chi connectivity index (χ0v) is 16.3. The highest BCUT2D eigenvalue weighted by Crippen LogP contribution is 2.34. The van der Waals surface area contributed by atoms with Gasteiger partial charge in [-0.3, -0.25) is 9.20 Å². The largest absolute Gasteiger partial charge is 0.485 e. The summed E-state index contributed by atoms with van der Waals surface area (Å²) in [4.78, 5) is 17.7. The molecule has 0 saturated carbocycles. The first-order valence-corrected chi connectivity index (χ1v) is 10.2. The highest BCUT2D eigenvalue weighted by Gasteiger charge is 2.26. The summed E-state index contributed by atoms with van der Waals surface area (Å²) < 4.78 is 8.09. The number of hydrazone groups is 1. The lowest BCUT2D eigenvalue weighted by molar-refractivity contribution is -0.120. The second-order valence-corrected chi connectivity index (χ2v) is 7.69. The first-order valence-electron chi connectivity index (χ1n) is 9.34. The number of para-hydroxylation sites is 1. The average molecular weight is 402 g/mol. The maximum Gasteiger partial charge on any atom is 0.246 e. The summed E-state index contributed by atoms with van der Waals surface area (Å²) in [5.74, 6) is 0.582. The van der Waals surface area contributed by atoms with E-state index in [0.29, 0.717) is 6.42 Å². The number of benzene rings is 2. The zero-order chi connectivity index (χ0) is 19.6. The number of carbonyl (C=O) groups is 1. The SMILES string of the molecule is O=C(Cc1cn2ccsc2n1)N/N=C1\C[C@H](c2ccccc2)Oc2ccccc21. The summed E-state index contributed by atoms with van der Waals surface area (Å²) in [7, 11) is 0. The molecule has 0 saturated heterocycles. The van der Waals surface area contributed by atoms with Crippen molar-refractivity contribution in [3.05, 3.63) is 89.2 Å². The van der Waals surface area contributed by atoms with Crippen LogP contribution in [0.5, 0.6) is 5.75 Å². The molecule has 0 spiro atoms. The van der Waals surface area contributed by atoms with Gasteiger partial charge in [0.05, 0.1) is 17.8 Å². The van der Waals surface area contributed by atoms with Crippen LogP contribution in [0.1, 0.15) is 29.3 Å². The van der Waals surface area contributed by atoms with Crippen molar-refractivity contribution in [3.8, 4) is 5.75 Å². The number of carbonyl (C=O) groups excluding carboxylic acids is 1. The van der Waals surface area contributed by atoms with Crippen molar-refractivity contribution >= 4 is 27.9 Å². The fourth-order valence-electron chi connectivity index (χ4n) is 3.44. The molecule has 1 N–H and O–H groups in total. The average Bonchev–Trinajstić information content (AvgIpc) is 3.34. The Bertz CT molecular complexity index is 1170. The van der Waals surface area contributed by atoms with Crippen LogP contribution in [0.15, 0.2) is 77.5 Å². The fourth-order valence-corrected chi connectivity index (χ4v) is 4.16. The summed E-state index contributed by atoms with van der Waals surface area (Å²) >= 11 is 1.54. The summed E-state index contributed by atoms with van der Waals surface area (Å²) in [6, 6.07) is 17.8. The standard InChI is InChI=1S/C22H18N4O2S/c27-21(12-16-14-26-10-11-29-22(26)23-16)25-24-18-13-20(15-6-2-1-3-7-15)28-19-9-5-4-8-17(18)19/h1-11,14,20H,12-13H2,(H,25,27)/b24-18+/t20-/m1/s1. The Morgan fingerprint density at radius 3 is 2.90 bits per heavy atom. The molecule has 4 aromatic rings. The van der Waals surface area contributed by atoms with Crippen molar-refractivity contribution in [2.45, 2.75) is 18.9 Å². The molecule has 2 aromatic heterocycles. The molecule has 0 bridgehead atoms. The van der Waals surface area contributed by atoms with Gasteiger partial charge < -0.3 is 4.74 Å². The molecule has 0 fully saturated rings. The maximum absolute atomic E-state index is 12.4. The van der Waals surface area contributed by atoms with Gasteiger partial charge in [-0.05, 0) is 17.7 Å². The third-order valence-corrected chi connectivity index (χ3v) is 5.59. The molecule has 6 nitrogen and oxygen atoms in total. The molecular weight excluding hydrogens is 384 g/mol. The number of amides is 1. The van der Waals surface area contributed by atoms with Gasteiger partial charge in [-0.15, -0.1) is 11.3 Å². The number of aromatic nitrogens is 2. The van der Waals surface area contributed by atoms with Crippen molar-refractivity contribution in [1.29, 1.82) is 0 Å². The number of rotatable bonds is 4. The number of thiazole rings is 1. The van der Waals surface area contributed by atoms with Gasteiger partial charge >= 0.3 is 0 Å². The summed E-state index contributed by atoms with van der Waals surface area (Å²) in [5, 5.41) is 6.41. The summed E-state index contributed by atoms with van der Waals surface area (Å²) in [6.07, 6.45) is 4.43. The van der Waals surface area contributed by atoms with Crippen LogP contribution in [0.3, 0.4) is 0 Å². The molecule has 29 heavy (non-hydrogen) atoms. The van der Waals surface area contributed by atoms with Crippen molar-refractivity contribution in [2.75, 3.05) is 0 Å². The molecule has 1 aliphatic heterocycles. The third kappa shape index (κ3) is 3.64. The minimum absolute atomic E-state index is 0.137. The Hall–Kier alpha value is -3.45. The quantitative estimate of drug-likeness (QED) is 0.525. The minimum Gasteiger partial charge on any atom is -0.485 e. The molecule has 144 valence electrons. The molecule has 1 atom stereocenters. The Labute approximate surface area is 171 Å². The van der Waals surface area contributed by atoms with E-state index in [1.807, 2.05) is 76.8 Å². The smallest absolute Gasteiger partial charge is 0.246 e. The van der Waals surface area contributed by atoms with Crippen molar-refractivity contribution < 1.29 is 9.53 Å². The predicted octanol–water partition coefficient (Wildman–Crippen LogP) is 3.98. The highest BCUT2D eigenvalue weighted by atomic mass is 32.1. The lowest BCUT2D eigenvalue weighted by atomic mass is 9.96. The Morgan fingerprint density at radius 2 is 2.03 bits per heavy atom. The van der Waals surface area contributed by atoms with E-state index in [0.717, 1.165) is 33.2 Å². The predicted molar refractivity (Wildman–Crippen MR) is 112 cm³/mol. The van der Waals surface area contributed by atoms with Crippen LogP contribution < -0.4 is 10.2 Å². The Balaban J connectivity index is 1.35. The fraction of sp³-hybridized carbons (Fsp3) is 0.136. The van der Waals surface area contributed by atoms with Crippen LogP contribution in [0.2, 0.25) is 0 Å². The van der Waals surface area contributed by atoms with Gasteiger partial charge in [0.15, 0.2) is 4.96 Å². The second kappa shape index (κ2) is 7.52. The van der Waals surface area contributed by atoms with Crippen molar-refractivity contribution in [3.63, 3.8) is 0 Å². The number of hydrogen-bond donors (Lipinski definition) is 1. The van der Waals surface area contributed by atoms with Gasteiger partial charge in [0.25, 0.3) is 0 Å². The van der Waals surface area contributed by atoms with Crippen LogP contribution in [-0.4, -0.2) is 21.0 Å². The molecule has 7 heteroatoms. The monoisotopic (exact) mass is 402 g/mol. The van der Waals surface area contributed by atoms with E-state index in [1.54, 1.807) is 11.3 Å². The number of ether oxygens (including phenoxy) is 1. The highest BCUT2D eigenvalue weighted by molar-refractivity contribution is 7.15. The number of nitrogens with one attached hydrogen (secondary N) is 1. The van der Waals surface area contributed by atoms with Crippen LogP contribution in [0.4, 0.5) is 0 Å². The number of nitrogens with zero attached hydrogens (tertiary/aromatic N) is 3. The van der Waals surface area contributed by atoms with Gasteiger partial charge in [0.2, 0.25) is 5.91 Å². The van der Waals surface area contributed by atoms with E-state index in [9.17, 15) is 4.79 Å². The third-order valence-electron chi connectivity index (χ3n) is 4.82. The Kier molecular flexibility index (Phi) is 4.57.